The van der Waals surface area contributed by atoms with Crippen LogP contribution in [0.25, 0.3) is 28.0 Å². The van der Waals surface area contributed by atoms with Crippen molar-refractivity contribution < 1.29 is 4.39 Å². The number of halogens is 2. The first-order valence-corrected chi connectivity index (χ1v) is 9.62. The Labute approximate surface area is 172 Å². The Morgan fingerprint density at radius 2 is 1.76 bits per heavy atom. The zero-order valence-electron chi connectivity index (χ0n) is 16.0. The van der Waals surface area contributed by atoms with Crippen molar-refractivity contribution in [3.63, 3.8) is 0 Å². The Morgan fingerprint density at radius 3 is 2.41 bits per heavy atom. The van der Waals surface area contributed by atoms with Gasteiger partial charge in [0.25, 0.3) is 0 Å². The molecule has 0 radical (unpaired) electrons. The van der Waals surface area contributed by atoms with Crippen molar-refractivity contribution >= 4 is 34.4 Å². The first-order chi connectivity index (χ1) is 13.9. The molecule has 8 heteroatoms. The Bertz CT molecular complexity index is 1150. The normalized spacial score (nSPS) is 11.3. The molecule has 148 valence electrons. The highest BCUT2D eigenvalue weighted by Crippen LogP contribution is 2.33. The number of aromatic nitrogens is 4. The summed E-state index contributed by atoms with van der Waals surface area (Å²) < 4.78 is 15.1. The highest BCUT2D eigenvalue weighted by atomic mass is 35.5. The summed E-state index contributed by atoms with van der Waals surface area (Å²) in [5, 5.41) is 9.05. The molecule has 4 aromatic rings. The van der Waals surface area contributed by atoms with Gasteiger partial charge < -0.3 is 11.1 Å². The summed E-state index contributed by atoms with van der Waals surface area (Å²) in [6.07, 6.45) is 0. The molecule has 0 atom stereocenters. The number of hydrogen-bond donors (Lipinski definition) is 2. The van der Waals surface area contributed by atoms with Crippen molar-refractivity contribution in [2.45, 2.75) is 13.8 Å². The minimum absolute atomic E-state index is 0.318. The molecule has 0 aliphatic rings. The largest absolute Gasteiger partial charge is 0.383 e. The predicted molar refractivity (Wildman–Crippen MR) is 115 cm³/mol. The van der Waals surface area contributed by atoms with Crippen molar-refractivity contribution in [2.75, 3.05) is 17.6 Å². The molecular weight excluding hydrogens is 391 g/mol. The molecule has 0 spiro atoms. The maximum Gasteiger partial charge on any atom is 0.225 e. The number of nitrogens with two attached hydrogens (primary N) is 1. The number of nitrogen functional groups attached to an aromatic ring is 1. The first kappa shape index (κ1) is 19.1. The van der Waals surface area contributed by atoms with Crippen LogP contribution in [-0.2, 0) is 0 Å². The van der Waals surface area contributed by atoms with Crippen LogP contribution in [0, 0.1) is 11.7 Å². The van der Waals surface area contributed by atoms with Gasteiger partial charge in [-0.1, -0.05) is 25.4 Å². The molecule has 2 heterocycles. The quantitative estimate of drug-likeness (QED) is 0.487. The van der Waals surface area contributed by atoms with E-state index in [2.05, 4.69) is 34.2 Å². The summed E-state index contributed by atoms with van der Waals surface area (Å²) in [5.41, 5.74) is 8.98. The summed E-state index contributed by atoms with van der Waals surface area (Å²) in [6, 6.07) is 13.3. The van der Waals surface area contributed by atoms with Crippen LogP contribution in [0.5, 0.6) is 0 Å². The van der Waals surface area contributed by atoms with Crippen LogP contribution in [0.3, 0.4) is 0 Å². The third-order valence-corrected chi connectivity index (χ3v) is 4.68. The van der Waals surface area contributed by atoms with E-state index in [1.807, 2.05) is 12.1 Å². The second kappa shape index (κ2) is 7.67. The van der Waals surface area contributed by atoms with Gasteiger partial charge in [0.05, 0.1) is 16.8 Å². The Morgan fingerprint density at radius 1 is 1.07 bits per heavy atom. The van der Waals surface area contributed by atoms with E-state index >= 15 is 0 Å². The molecule has 0 bridgehead atoms. The maximum absolute atomic E-state index is 13.4. The molecule has 0 saturated carbocycles. The van der Waals surface area contributed by atoms with Crippen LogP contribution in [0.2, 0.25) is 5.02 Å². The number of anilines is 2. The Kier molecular flexibility index (Phi) is 5.07. The summed E-state index contributed by atoms with van der Waals surface area (Å²) in [5.74, 6) is 0.950. The average molecular weight is 411 g/mol. The van der Waals surface area contributed by atoms with Gasteiger partial charge in [0.15, 0.2) is 5.65 Å². The number of rotatable bonds is 5. The minimum atomic E-state index is -0.318. The number of nitrogens with zero attached hydrogens (tertiary/aromatic N) is 4. The molecule has 0 aliphatic heterocycles. The summed E-state index contributed by atoms with van der Waals surface area (Å²) in [6.45, 7) is 4.90. The monoisotopic (exact) mass is 410 g/mol. The molecule has 4 rings (SSSR count). The summed E-state index contributed by atoms with van der Waals surface area (Å²) >= 11 is 5.99. The molecule has 0 saturated heterocycles. The SMILES string of the molecule is CC(C)CNc1nc(-c2ccc(F)cc2)c2c(N)n(-c3ccc(Cl)cc3)nc2n1. The molecule has 6 nitrogen and oxygen atoms in total. The fourth-order valence-electron chi connectivity index (χ4n) is 2.98. The van der Waals surface area contributed by atoms with Crippen LogP contribution in [0.15, 0.2) is 48.5 Å². The topological polar surface area (TPSA) is 81.6 Å². The lowest BCUT2D eigenvalue weighted by Crippen LogP contribution is -2.11. The van der Waals surface area contributed by atoms with Gasteiger partial charge in [-0.05, 0) is 54.4 Å². The predicted octanol–water partition coefficient (Wildman–Crippen LogP) is 4.93. The van der Waals surface area contributed by atoms with Crippen molar-refractivity contribution in [3.8, 4) is 16.9 Å². The van der Waals surface area contributed by atoms with E-state index in [1.54, 1.807) is 28.9 Å². The standard InChI is InChI=1S/C21H20ClFN6/c1-12(2)11-25-21-26-18(13-3-7-15(23)8-4-13)17-19(24)29(28-20(17)27-21)16-9-5-14(22)6-10-16/h3-10,12H,11,24H2,1-2H3,(H,25,27,28). The Hall–Kier alpha value is -3.19. The van der Waals surface area contributed by atoms with E-state index in [1.165, 1.54) is 12.1 Å². The van der Waals surface area contributed by atoms with Crippen molar-refractivity contribution in [1.29, 1.82) is 0 Å². The smallest absolute Gasteiger partial charge is 0.225 e. The van der Waals surface area contributed by atoms with Crippen LogP contribution in [0.4, 0.5) is 16.2 Å². The minimum Gasteiger partial charge on any atom is -0.383 e. The van der Waals surface area contributed by atoms with Crippen LogP contribution in [-0.4, -0.2) is 26.3 Å². The second-order valence-corrected chi connectivity index (χ2v) is 7.59. The van der Waals surface area contributed by atoms with Gasteiger partial charge >= 0.3 is 0 Å². The third kappa shape index (κ3) is 3.86. The zero-order chi connectivity index (χ0) is 20.5. The molecule has 0 aliphatic carbocycles. The molecule has 2 aromatic heterocycles. The lowest BCUT2D eigenvalue weighted by molar-refractivity contribution is 0.628. The fourth-order valence-corrected chi connectivity index (χ4v) is 3.11. The highest BCUT2D eigenvalue weighted by molar-refractivity contribution is 6.30. The number of hydrogen-bond acceptors (Lipinski definition) is 5. The third-order valence-electron chi connectivity index (χ3n) is 4.43. The molecule has 29 heavy (non-hydrogen) atoms. The molecule has 0 unspecified atom stereocenters. The molecule has 0 fully saturated rings. The van der Waals surface area contributed by atoms with Crippen molar-refractivity contribution in [2.24, 2.45) is 5.92 Å². The highest BCUT2D eigenvalue weighted by Gasteiger charge is 2.19. The van der Waals surface area contributed by atoms with E-state index in [0.29, 0.717) is 46.0 Å². The van der Waals surface area contributed by atoms with E-state index < -0.39 is 0 Å². The van der Waals surface area contributed by atoms with Crippen LogP contribution < -0.4 is 11.1 Å². The molecule has 0 amide bonds. The zero-order valence-corrected chi connectivity index (χ0v) is 16.8. The molecule has 2 aromatic carbocycles. The van der Waals surface area contributed by atoms with Crippen molar-refractivity contribution in [1.82, 2.24) is 19.7 Å². The maximum atomic E-state index is 13.4. The van der Waals surface area contributed by atoms with Gasteiger partial charge in [0.1, 0.15) is 11.6 Å². The van der Waals surface area contributed by atoms with Gasteiger partial charge in [0.2, 0.25) is 5.95 Å². The van der Waals surface area contributed by atoms with Crippen LogP contribution >= 0.6 is 11.6 Å². The van der Waals surface area contributed by atoms with Gasteiger partial charge in [-0.15, -0.1) is 5.10 Å². The van der Waals surface area contributed by atoms with E-state index in [0.717, 1.165) is 11.3 Å². The molecule has 3 N–H and O–H groups in total. The first-order valence-electron chi connectivity index (χ1n) is 9.24. The second-order valence-electron chi connectivity index (χ2n) is 7.15. The number of nitrogens with one attached hydrogen (secondary N) is 1. The molecular formula is C21H20ClFN6. The van der Waals surface area contributed by atoms with E-state index in [4.69, 9.17) is 17.3 Å². The van der Waals surface area contributed by atoms with Gasteiger partial charge in [-0.3, -0.25) is 0 Å². The van der Waals surface area contributed by atoms with Crippen molar-refractivity contribution in [3.05, 3.63) is 59.4 Å². The van der Waals surface area contributed by atoms with Gasteiger partial charge in [-0.25, -0.2) is 14.1 Å². The summed E-state index contributed by atoms with van der Waals surface area (Å²) in [4.78, 5) is 9.20. The van der Waals surface area contributed by atoms with E-state index in [-0.39, 0.29) is 5.82 Å². The lowest BCUT2D eigenvalue weighted by atomic mass is 10.1. The average Bonchev–Trinajstić information content (AvgIpc) is 3.03. The van der Waals surface area contributed by atoms with Gasteiger partial charge in [0, 0.05) is 17.1 Å². The Balaban J connectivity index is 1.92. The van der Waals surface area contributed by atoms with E-state index in [9.17, 15) is 4.39 Å². The number of benzene rings is 2. The number of fused-ring (bicyclic) bond motifs is 1. The fraction of sp³-hybridized carbons (Fsp3) is 0.190. The van der Waals surface area contributed by atoms with Gasteiger partial charge in [-0.2, -0.15) is 4.98 Å². The summed E-state index contributed by atoms with van der Waals surface area (Å²) in [7, 11) is 0. The van der Waals surface area contributed by atoms with Crippen LogP contribution in [0.1, 0.15) is 13.8 Å². The lowest BCUT2D eigenvalue weighted by Gasteiger charge is -2.10.